The molecule has 2 aromatic rings. The second-order valence-corrected chi connectivity index (χ2v) is 3.90. The van der Waals surface area contributed by atoms with E-state index in [-0.39, 0.29) is 5.78 Å². The van der Waals surface area contributed by atoms with E-state index < -0.39 is 0 Å². The second kappa shape index (κ2) is 4.35. The largest absolute Gasteiger partial charge is 0.356 e. The summed E-state index contributed by atoms with van der Waals surface area (Å²) in [5.41, 5.74) is 3.57. The Morgan fingerprint density at radius 2 is 1.94 bits per heavy atom. The molecule has 2 nitrogen and oxygen atoms in total. The van der Waals surface area contributed by atoms with Crippen molar-refractivity contribution < 1.29 is 4.79 Å². The summed E-state index contributed by atoms with van der Waals surface area (Å²) in [6, 6.07) is 11.4. The fourth-order valence-corrected chi connectivity index (χ4v) is 1.79. The van der Waals surface area contributed by atoms with Crippen molar-refractivity contribution in [1.82, 2.24) is 4.98 Å². The molecule has 0 radical (unpaired) electrons. The lowest BCUT2D eigenvalue weighted by Gasteiger charge is -1.99. The number of aryl methyl sites for hydroxylation is 2. The molecular formula is C14H15NO. The summed E-state index contributed by atoms with van der Waals surface area (Å²) in [7, 11) is 0. The van der Waals surface area contributed by atoms with Gasteiger partial charge in [0, 0.05) is 11.3 Å². The van der Waals surface area contributed by atoms with Crippen LogP contribution < -0.4 is 0 Å². The quantitative estimate of drug-likeness (QED) is 0.781. The summed E-state index contributed by atoms with van der Waals surface area (Å²) in [6.07, 6.45) is 0.920. The van der Waals surface area contributed by atoms with Crippen LogP contribution in [0, 0.1) is 6.92 Å². The molecule has 0 saturated heterocycles. The molecule has 0 aliphatic carbocycles. The van der Waals surface area contributed by atoms with Crippen molar-refractivity contribution in [3.8, 4) is 0 Å². The van der Waals surface area contributed by atoms with Crippen molar-refractivity contribution in [3.63, 3.8) is 0 Å². The molecule has 1 heterocycles. The Bertz CT molecular complexity index is 497. The van der Waals surface area contributed by atoms with Crippen molar-refractivity contribution in [2.45, 2.75) is 20.3 Å². The maximum Gasteiger partial charge on any atom is 0.209 e. The van der Waals surface area contributed by atoms with E-state index >= 15 is 0 Å². The van der Waals surface area contributed by atoms with E-state index in [4.69, 9.17) is 0 Å². The van der Waals surface area contributed by atoms with Gasteiger partial charge in [-0.3, -0.25) is 4.79 Å². The predicted octanol–water partition coefficient (Wildman–Crippen LogP) is 3.12. The van der Waals surface area contributed by atoms with E-state index in [2.05, 4.69) is 11.9 Å². The number of aromatic nitrogens is 1. The molecule has 0 saturated carbocycles. The Kier molecular flexibility index (Phi) is 2.91. The summed E-state index contributed by atoms with van der Waals surface area (Å²) in [5, 5.41) is 0. The fourth-order valence-electron chi connectivity index (χ4n) is 1.79. The topological polar surface area (TPSA) is 32.9 Å². The molecule has 0 aliphatic rings. The minimum absolute atomic E-state index is 0.0674. The third kappa shape index (κ3) is 1.91. The zero-order chi connectivity index (χ0) is 11.5. The van der Waals surface area contributed by atoms with Gasteiger partial charge < -0.3 is 4.98 Å². The standard InChI is InChI=1S/C14H15NO/c1-3-12-9-10(2)13(15-12)14(16)11-7-5-4-6-8-11/h4-9,15H,3H2,1-2H3. The van der Waals surface area contributed by atoms with Gasteiger partial charge in [-0.2, -0.15) is 0 Å². The minimum Gasteiger partial charge on any atom is -0.356 e. The first kappa shape index (κ1) is 10.7. The highest BCUT2D eigenvalue weighted by Gasteiger charge is 2.13. The molecule has 1 aromatic heterocycles. The highest BCUT2D eigenvalue weighted by molar-refractivity contribution is 6.08. The molecule has 0 unspecified atom stereocenters. The van der Waals surface area contributed by atoms with E-state index in [9.17, 15) is 4.79 Å². The van der Waals surface area contributed by atoms with Gasteiger partial charge in [0.15, 0.2) is 0 Å². The number of H-pyrrole nitrogens is 1. The molecule has 82 valence electrons. The Morgan fingerprint density at radius 1 is 1.25 bits per heavy atom. The van der Waals surface area contributed by atoms with Crippen LogP contribution in [-0.2, 0) is 6.42 Å². The molecule has 1 N–H and O–H groups in total. The van der Waals surface area contributed by atoms with Crippen molar-refractivity contribution in [2.24, 2.45) is 0 Å². The van der Waals surface area contributed by atoms with Crippen LogP contribution in [0.2, 0.25) is 0 Å². The molecule has 2 heteroatoms. The van der Waals surface area contributed by atoms with Gasteiger partial charge in [-0.05, 0) is 25.0 Å². The lowest BCUT2D eigenvalue weighted by Crippen LogP contribution is -2.03. The number of benzene rings is 1. The van der Waals surface area contributed by atoms with E-state index in [1.165, 1.54) is 0 Å². The predicted molar refractivity (Wildman–Crippen MR) is 64.8 cm³/mol. The number of hydrogen-bond acceptors (Lipinski definition) is 1. The first-order chi connectivity index (χ1) is 7.72. The lowest BCUT2D eigenvalue weighted by atomic mass is 10.1. The number of rotatable bonds is 3. The molecule has 0 amide bonds. The second-order valence-electron chi connectivity index (χ2n) is 3.90. The molecule has 0 spiro atoms. The highest BCUT2D eigenvalue weighted by atomic mass is 16.1. The van der Waals surface area contributed by atoms with Gasteiger partial charge in [-0.25, -0.2) is 0 Å². The Hall–Kier alpha value is -1.83. The normalized spacial score (nSPS) is 10.4. The lowest BCUT2D eigenvalue weighted by molar-refractivity contribution is 0.103. The van der Waals surface area contributed by atoms with Crippen LogP contribution in [0.25, 0.3) is 0 Å². The van der Waals surface area contributed by atoms with E-state index in [1.54, 1.807) is 0 Å². The molecule has 0 bridgehead atoms. The highest BCUT2D eigenvalue weighted by Crippen LogP contribution is 2.15. The van der Waals surface area contributed by atoms with E-state index in [0.29, 0.717) is 5.69 Å². The molecule has 1 aromatic carbocycles. The molecule has 2 rings (SSSR count). The van der Waals surface area contributed by atoms with E-state index in [0.717, 1.165) is 23.2 Å². The summed E-state index contributed by atoms with van der Waals surface area (Å²) < 4.78 is 0. The van der Waals surface area contributed by atoms with Crippen LogP contribution in [0.15, 0.2) is 36.4 Å². The van der Waals surface area contributed by atoms with Gasteiger partial charge in [-0.1, -0.05) is 37.3 Å². The summed E-state index contributed by atoms with van der Waals surface area (Å²) in [6.45, 7) is 4.04. The van der Waals surface area contributed by atoms with Crippen LogP contribution in [-0.4, -0.2) is 10.8 Å². The van der Waals surface area contributed by atoms with E-state index in [1.807, 2.05) is 43.3 Å². The maximum atomic E-state index is 12.2. The third-order valence-electron chi connectivity index (χ3n) is 2.71. The zero-order valence-corrected chi connectivity index (χ0v) is 9.58. The van der Waals surface area contributed by atoms with Crippen molar-refractivity contribution in [1.29, 1.82) is 0 Å². The summed E-state index contributed by atoms with van der Waals surface area (Å²) in [4.78, 5) is 15.3. The average Bonchev–Trinajstić information content (AvgIpc) is 2.71. The van der Waals surface area contributed by atoms with Crippen LogP contribution in [0.1, 0.15) is 34.2 Å². The zero-order valence-electron chi connectivity index (χ0n) is 9.58. The fraction of sp³-hybridized carbons (Fsp3) is 0.214. The molecule has 16 heavy (non-hydrogen) atoms. The van der Waals surface area contributed by atoms with Crippen LogP contribution in [0.3, 0.4) is 0 Å². The SMILES string of the molecule is CCc1cc(C)c(C(=O)c2ccccc2)[nH]1. The third-order valence-corrected chi connectivity index (χ3v) is 2.71. The number of ketones is 1. The maximum absolute atomic E-state index is 12.2. The Balaban J connectivity index is 2.38. The van der Waals surface area contributed by atoms with Crippen molar-refractivity contribution in [3.05, 3.63) is 58.9 Å². The van der Waals surface area contributed by atoms with Crippen LogP contribution in [0.5, 0.6) is 0 Å². The first-order valence-corrected chi connectivity index (χ1v) is 5.50. The van der Waals surface area contributed by atoms with Crippen LogP contribution in [0.4, 0.5) is 0 Å². The summed E-state index contributed by atoms with van der Waals surface area (Å²) >= 11 is 0. The van der Waals surface area contributed by atoms with Gasteiger partial charge in [0.2, 0.25) is 5.78 Å². The average molecular weight is 213 g/mol. The smallest absolute Gasteiger partial charge is 0.209 e. The molecular weight excluding hydrogens is 198 g/mol. The number of hydrogen-bond donors (Lipinski definition) is 1. The van der Waals surface area contributed by atoms with Gasteiger partial charge in [0.05, 0.1) is 5.69 Å². The Labute approximate surface area is 95.3 Å². The number of carbonyl (C=O) groups is 1. The number of nitrogens with one attached hydrogen (secondary N) is 1. The molecule has 0 atom stereocenters. The number of aromatic amines is 1. The van der Waals surface area contributed by atoms with Crippen LogP contribution >= 0.6 is 0 Å². The number of carbonyl (C=O) groups excluding carboxylic acids is 1. The van der Waals surface area contributed by atoms with Gasteiger partial charge in [0.25, 0.3) is 0 Å². The minimum atomic E-state index is 0.0674. The van der Waals surface area contributed by atoms with Gasteiger partial charge in [-0.15, -0.1) is 0 Å². The molecule has 0 fully saturated rings. The van der Waals surface area contributed by atoms with Crippen molar-refractivity contribution in [2.75, 3.05) is 0 Å². The van der Waals surface area contributed by atoms with Gasteiger partial charge >= 0.3 is 0 Å². The molecule has 0 aliphatic heterocycles. The Morgan fingerprint density at radius 3 is 2.50 bits per heavy atom. The summed E-state index contributed by atoms with van der Waals surface area (Å²) in [5.74, 6) is 0.0674. The first-order valence-electron chi connectivity index (χ1n) is 5.50. The monoisotopic (exact) mass is 213 g/mol. The van der Waals surface area contributed by atoms with Crippen molar-refractivity contribution >= 4 is 5.78 Å². The van der Waals surface area contributed by atoms with Gasteiger partial charge in [0.1, 0.15) is 0 Å².